The standard InChI is InChI=1S/C8H3ClN4/c9-8-7-6(11-4-12-8)2-1-5(3-10)13-7/h1-2,4H. The first-order chi connectivity index (χ1) is 6.31. The van der Waals surface area contributed by atoms with Crippen molar-refractivity contribution < 1.29 is 0 Å². The number of fused-ring (bicyclic) bond motifs is 1. The van der Waals surface area contributed by atoms with Gasteiger partial charge in [0.2, 0.25) is 0 Å². The molecular formula is C8H3ClN4. The molecule has 0 N–H and O–H groups in total. The van der Waals surface area contributed by atoms with Crippen LogP contribution in [0.4, 0.5) is 0 Å². The van der Waals surface area contributed by atoms with Crippen LogP contribution in [-0.2, 0) is 0 Å². The molecule has 2 aromatic heterocycles. The second-order valence-electron chi connectivity index (χ2n) is 2.34. The minimum atomic E-state index is 0.266. The van der Waals surface area contributed by atoms with Gasteiger partial charge < -0.3 is 0 Å². The largest absolute Gasteiger partial charge is 0.235 e. The van der Waals surface area contributed by atoms with E-state index < -0.39 is 0 Å². The summed E-state index contributed by atoms with van der Waals surface area (Å²) in [6, 6.07) is 5.20. The van der Waals surface area contributed by atoms with Gasteiger partial charge in [0, 0.05) is 0 Å². The van der Waals surface area contributed by atoms with Gasteiger partial charge in [0.05, 0.1) is 5.52 Å². The van der Waals surface area contributed by atoms with Crippen LogP contribution >= 0.6 is 11.6 Å². The Kier molecular flexibility index (Phi) is 1.80. The van der Waals surface area contributed by atoms with Crippen LogP contribution in [0.3, 0.4) is 0 Å². The molecule has 0 atom stereocenters. The van der Waals surface area contributed by atoms with Gasteiger partial charge in [0.15, 0.2) is 5.15 Å². The minimum absolute atomic E-state index is 0.266. The predicted molar refractivity (Wildman–Crippen MR) is 47.1 cm³/mol. The Morgan fingerprint density at radius 1 is 1.31 bits per heavy atom. The second kappa shape index (κ2) is 2.96. The normalized spacial score (nSPS) is 9.85. The highest BCUT2D eigenvalue weighted by atomic mass is 35.5. The Labute approximate surface area is 78.8 Å². The zero-order valence-electron chi connectivity index (χ0n) is 6.40. The molecule has 62 valence electrons. The Balaban J connectivity index is 2.84. The van der Waals surface area contributed by atoms with Crippen molar-refractivity contribution in [3.63, 3.8) is 0 Å². The number of nitrogens with zero attached hydrogens (tertiary/aromatic N) is 4. The summed E-state index contributed by atoms with van der Waals surface area (Å²) < 4.78 is 0. The third-order valence-corrected chi connectivity index (χ3v) is 1.83. The van der Waals surface area contributed by atoms with Crippen molar-refractivity contribution in [3.8, 4) is 6.07 Å². The minimum Gasteiger partial charge on any atom is -0.235 e. The zero-order chi connectivity index (χ0) is 9.26. The number of pyridine rings is 1. The quantitative estimate of drug-likeness (QED) is 0.592. The summed E-state index contributed by atoms with van der Waals surface area (Å²) in [4.78, 5) is 11.7. The molecule has 0 aliphatic rings. The smallest absolute Gasteiger partial charge is 0.158 e. The highest BCUT2D eigenvalue weighted by Crippen LogP contribution is 2.16. The molecule has 0 saturated carbocycles. The molecule has 0 radical (unpaired) electrons. The lowest BCUT2D eigenvalue weighted by molar-refractivity contribution is 1.19. The van der Waals surface area contributed by atoms with Crippen molar-refractivity contribution in [2.45, 2.75) is 0 Å². The third kappa shape index (κ3) is 1.30. The van der Waals surface area contributed by atoms with E-state index in [1.165, 1.54) is 6.33 Å². The molecular weight excluding hydrogens is 188 g/mol. The molecule has 0 amide bonds. The van der Waals surface area contributed by atoms with Gasteiger partial charge in [0.1, 0.15) is 23.6 Å². The average molecular weight is 191 g/mol. The van der Waals surface area contributed by atoms with Crippen molar-refractivity contribution in [3.05, 3.63) is 29.3 Å². The van der Waals surface area contributed by atoms with Crippen LogP contribution in [0.5, 0.6) is 0 Å². The van der Waals surface area contributed by atoms with Gasteiger partial charge in [-0.15, -0.1) is 0 Å². The summed E-state index contributed by atoms with van der Waals surface area (Å²) in [7, 11) is 0. The SMILES string of the molecule is N#Cc1ccc2ncnc(Cl)c2n1. The van der Waals surface area contributed by atoms with Crippen molar-refractivity contribution in [1.82, 2.24) is 15.0 Å². The molecule has 0 aliphatic heterocycles. The molecule has 2 heterocycles. The first-order valence-electron chi connectivity index (χ1n) is 3.48. The summed E-state index contributed by atoms with van der Waals surface area (Å²) in [5.41, 5.74) is 1.41. The van der Waals surface area contributed by atoms with Crippen LogP contribution < -0.4 is 0 Å². The summed E-state index contributed by atoms with van der Waals surface area (Å²) in [5, 5.41) is 8.86. The first-order valence-corrected chi connectivity index (χ1v) is 3.86. The van der Waals surface area contributed by atoms with Gasteiger partial charge in [0.25, 0.3) is 0 Å². The lowest BCUT2D eigenvalue weighted by Crippen LogP contribution is -1.89. The van der Waals surface area contributed by atoms with E-state index in [4.69, 9.17) is 16.9 Å². The van der Waals surface area contributed by atoms with E-state index in [0.717, 1.165) is 0 Å². The number of halogens is 1. The second-order valence-corrected chi connectivity index (χ2v) is 2.70. The first kappa shape index (κ1) is 7.90. The lowest BCUT2D eigenvalue weighted by atomic mass is 10.3. The topological polar surface area (TPSA) is 62.5 Å². The molecule has 0 unspecified atom stereocenters. The van der Waals surface area contributed by atoms with Gasteiger partial charge >= 0.3 is 0 Å². The van der Waals surface area contributed by atoms with Crippen LogP contribution in [0.15, 0.2) is 18.5 Å². The third-order valence-electron chi connectivity index (χ3n) is 1.55. The maximum absolute atomic E-state index is 8.59. The summed E-state index contributed by atoms with van der Waals surface area (Å²) >= 11 is 5.76. The van der Waals surface area contributed by atoms with E-state index in [-0.39, 0.29) is 5.15 Å². The Morgan fingerprint density at radius 2 is 2.15 bits per heavy atom. The van der Waals surface area contributed by atoms with E-state index in [1.807, 2.05) is 6.07 Å². The fourth-order valence-corrected chi connectivity index (χ4v) is 1.16. The molecule has 2 aromatic rings. The van der Waals surface area contributed by atoms with E-state index in [0.29, 0.717) is 16.7 Å². The monoisotopic (exact) mass is 190 g/mol. The van der Waals surface area contributed by atoms with E-state index >= 15 is 0 Å². The molecule has 0 aliphatic carbocycles. The summed E-state index contributed by atoms with van der Waals surface area (Å²) in [5.74, 6) is 0. The van der Waals surface area contributed by atoms with Gasteiger partial charge in [-0.3, -0.25) is 0 Å². The number of rotatable bonds is 0. The molecule has 0 spiro atoms. The molecule has 4 nitrogen and oxygen atoms in total. The fourth-order valence-electron chi connectivity index (χ4n) is 0.973. The number of aromatic nitrogens is 3. The molecule has 0 fully saturated rings. The lowest BCUT2D eigenvalue weighted by Gasteiger charge is -1.96. The van der Waals surface area contributed by atoms with Gasteiger partial charge in [-0.05, 0) is 12.1 Å². The van der Waals surface area contributed by atoms with E-state index in [1.54, 1.807) is 12.1 Å². The van der Waals surface area contributed by atoms with Crippen molar-refractivity contribution in [2.75, 3.05) is 0 Å². The molecule has 13 heavy (non-hydrogen) atoms. The molecule has 2 rings (SSSR count). The van der Waals surface area contributed by atoms with Crippen LogP contribution in [0.25, 0.3) is 11.0 Å². The maximum Gasteiger partial charge on any atom is 0.158 e. The highest BCUT2D eigenvalue weighted by molar-refractivity contribution is 6.33. The highest BCUT2D eigenvalue weighted by Gasteiger charge is 2.02. The number of nitriles is 1. The number of hydrogen-bond donors (Lipinski definition) is 0. The Morgan fingerprint density at radius 3 is 2.92 bits per heavy atom. The molecule has 5 heteroatoms. The van der Waals surface area contributed by atoms with E-state index in [2.05, 4.69) is 15.0 Å². The fraction of sp³-hybridized carbons (Fsp3) is 0. The van der Waals surface area contributed by atoms with Gasteiger partial charge in [-0.2, -0.15) is 5.26 Å². The Hall–Kier alpha value is -1.73. The van der Waals surface area contributed by atoms with Crippen molar-refractivity contribution in [2.24, 2.45) is 0 Å². The average Bonchev–Trinajstić information content (AvgIpc) is 2.18. The van der Waals surface area contributed by atoms with Crippen molar-refractivity contribution in [1.29, 1.82) is 5.26 Å². The van der Waals surface area contributed by atoms with Crippen LogP contribution in [0, 0.1) is 11.3 Å². The van der Waals surface area contributed by atoms with Crippen LogP contribution in [-0.4, -0.2) is 15.0 Å². The van der Waals surface area contributed by atoms with Crippen LogP contribution in [0.1, 0.15) is 5.69 Å². The summed E-state index contributed by atoms with van der Waals surface area (Å²) in [6.45, 7) is 0. The van der Waals surface area contributed by atoms with Gasteiger partial charge in [-0.25, -0.2) is 15.0 Å². The summed E-state index contributed by atoms with van der Waals surface area (Å²) in [6.07, 6.45) is 1.36. The number of hydrogen-bond acceptors (Lipinski definition) is 4. The molecule has 0 bridgehead atoms. The predicted octanol–water partition coefficient (Wildman–Crippen LogP) is 1.55. The zero-order valence-corrected chi connectivity index (χ0v) is 7.15. The molecule has 0 saturated heterocycles. The maximum atomic E-state index is 8.59. The van der Waals surface area contributed by atoms with Gasteiger partial charge in [-0.1, -0.05) is 11.6 Å². The molecule has 0 aromatic carbocycles. The van der Waals surface area contributed by atoms with Crippen molar-refractivity contribution >= 4 is 22.6 Å². The van der Waals surface area contributed by atoms with E-state index in [9.17, 15) is 0 Å². The van der Waals surface area contributed by atoms with Crippen LogP contribution in [0.2, 0.25) is 5.15 Å². The Bertz CT molecular complexity index is 503.